The van der Waals surface area contributed by atoms with Gasteiger partial charge >= 0.3 is 0 Å². The van der Waals surface area contributed by atoms with Gasteiger partial charge in [-0.3, -0.25) is 4.79 Å². The quantitative estimate of drug-likeness (QED) is 0.435. The summed E-state index contributed by atoms with van der Waals surface area (Å²) >= 11 is 1.63. The molecule has 0 bridgehead atoms. The molecule has 9 nitrogen and oxygen atoms in total. The van der Waals surface area contributed by atoms with Crippen LogP contribution in [-0.4, -0.2) is 42.4 Å². The number of sulfonamides is 1. The monoisotopic (exact) mass is 480 g/mol. The summed E-state index contributed by atoms with van der Waals surface area (Å²) in [5.74, 6) is -0.263. The summed E-state index contributed by atoms with van der Waals surface area (Å²) in [6.07, 6.45) is 2.89. The minimum absolute atomic E-state index is 0.00678. The number of amides is 1. The van der Waals surface area contributed by atoms with E-state index in [2.05, 4.69) is 42.9 Å². The second-order valence-electron chi connectivity index (χ2n) is 7.76. The molecule has 1 fully saturated rings. The first-order valence-corrected chi connectivity index (χ1v) is 12.5. The van der Waals surface area contributed by atoms with Crippen molar-refractivity contribution in [3.8, 4) is 0 Å². The topological polar surface area (TPSA) is 117 Å². The van der Waals surface area contributed by atoms with Gasteiger partial charge in [0.15, 0.2) is 5.13 Å². The Kier molecular flexibility index (Phi) is 5.43. The van der Waals surface area contributed by atoms with Gasteiger partial charge in [0.2, 0.25) is 11.9 Å². The lowest BCUT2D eigenvalue weighted by molar-refractivity contribution is -0.120. The van der Waals surface area contributed by atoms with Crippen LogP contribution >= 0.6 is 11.3 Å². The molecule has 0 saturated carbocycles. The summed E-state index contributed by atoms with van der Waals surface area (Å²) in [6, 6.07) is 13.7. The molecule has 5 rings (SSSR count). The number of carbonyl (C=O) groups is 1. The number of rotatable bonds is 6. The first-order chi connectivity index (χ1) is 15.9. The highest BCUT2D eigenvalue weighted by Crippen LogP contribution is 2.33. The Morgan fingerprint density at radius 2 is 1.82 bits per heavy atom. The molecule has 1 saturated heterocycles. The van der Waals surface area contributed by atoms with Crippen molar-refractivity contribution in [3.05, 3.63) is 66.5 Å². The minimum atomic E-state index is -3.82. The van der Waals surface area contributed by atoms with E-state index in [1.165, 1.54) is 30.1 Å². The zero-order valence-corrected chi connectivity index (χ0v) is 19.2. The summed E-state index contributed by atoms with van der Waals surface area (Å²) in [4.78, 5) is 27.1. The van der Waals surface area contributed by atoms with E-state index in [0.29, 0.717) is 18.8 Å². The van der Waals surface area contributed by atoms with Crippen LogP contribution in [0.15, 0.2) is 65.8 Å². The van der Waals surface area contributed by atoms with E-state index < -0.39 is 10.0 Å². The van der Waals surface area contributed by atoms with Crippen molar-refractivity contribution >= 4 is 54.3 Å². The second kappa shape index (κ2) is 8.41. The molecule has 11 heteroatoms. The summed E-state index contributed by atoms with van der Waals surface area (Å²) in [5, 5.41) is 3.78. The van der Waals surface area contributed by atoms with E-state index in [1.807, 2.05) is 12.1 Å². The highest BCUT2D eigenvalue weighted by molar-refractivity contribution is 7.92. The molecular weight excluding hydrogens is 460 g/mol. The van der Waals surface area contributed by atoms with Crippen molar-refractivity contribution in [1.82, 2.24) is 15.0 Å². The van der Waals surface area contributed by atoms with Gasteiger partial charge in [-0.1, -0.05) is 17.4 Å². The zero-order valence-electron chi connectivity index (χ0n) is 17.6. The van der Waals surface area contributed by atoms with Crippen LogP contribution in [0.4, 0.5) is 16.8 Å². The molecule has 1 aliphatic heterocycles. The van der Waals surface area contributed by atoms with E-state index in [-0.39, 0.29) is 22.7 Å². The van der Waals surface area contributed by atoms with Crippen LogP contribution < -0.4 is 14.9 Å². The van der Waals surface area contributed by atoms with Gasteiger partial charge in [0, 0.05) is 31.2 Å². The Labute approximate surface area is 194 Å². The van der Waals surface area contributed by atoms with E-state index >= 15 is 0 Å². The molecule has 0 aliphatic carbocycles. The Balaban J connectivity index is 1.18. The third-order valence-electron chi connectivity index (χ3n) is 5.28. The fraction of sp³-hybridized carbons (Fsp3) is 0.182. The number of thiazole rings is 1. The highest BCUT2D eigenvalue weighted by atomic mass is 32.2. The van der Waals surface area contributed by atoms with Gasteiger partial charge in [0.05, 0.1) is 21.0 Å². The number of hydrogen-bond acceptors (Lipinski definition) is 8. The number of benzene rings is 2. The molecule has 4 aromatic rings. The van der Waals surface area contributed by atoms with Crippen molar-refractivity contribution in [2.45, 2.75) is 11.8 Å². The van der Waals surface area contributed by atoms with E-state index in [0.717, 1.165) is 15.3 Å². The third-order valence-corrected chi connectivity index (χ3v) is 7.70. The number of aryl methyl sites for hydroxylation is 1. The van der Waals surface area contributed by atoms with Gasteiger partial charge in [-0.15, -0.1) is 0 Å². The number of nitrogens with zero attached hydrogens (tertiary/aromatic N) is 4. The van der Waals surface area contributed by atoms with E-state index in [4.69, 9.17) is 0 Å². The lowest BCUT2D eigenvalue weighted by atomic mass is 10.00. The molecule has 1 aliphatic rings. The summed E-state index contributed by atoms with van der Waals surface area (Å²) < 4.78 is 28.4. The zero-order chi connectivity index (χ0) is 23.0. The molecule has 33 heavy (non-hydrogen) atoms. The second-order valence-corrected chi connectivity index (χ2v) is 10.5. The van der Waals surface area contributed by atoms with Crippen molar-refractivity contribution in [3.63, 3.8) is 0 Å². The van der Waals surface area contributed by atoms with Crippen LogP contribution in [-0.2, 0) is 14.8 Å². The lowest BCUT2D eigenvalue weighted by Crippen LogP contribution is -2.52. The summed E-state index contributed by atoms with van der Waals surface area (Å²) in [5.41, 5.74) is 2.70. The largest absolute Gasteiger partial charge is 0.346 e. The summed E-state index contributed by atoms with van der Waals surface area (Å²) in [7, 11) is -3.82. The molecule has 2 aromatic carbocycles. The standard InChI is InChI=1S/C22H20N6O3S2/c1-14-3-8-18-19(11-14)32-22(26-18)28-12-15(13-28)20(29)25-16-4-6-17(7-5-16)33(30,31)27-21-23-9-2-10-24-21/h2-11,15H,12-13H2,1H3,(H,25,29)(H,23,24,27). The molecule has 2 N–H and O–H groups in total. The maximum atomic E-state index is 12.6. The number of anilines is 3. The van der Waals surface area contributed by atoms with Crippen LogP contribution in [0.5, 0.6) is 0 Å². The Morgan fingerprint density at radius 1 is 1.09 bits per heavy atom. The number of aromatic nitrogens is 3. The number of hydrogen-bond donors (Lipinski definition) is 2. The fourth-order valence-electron chi connectivity index (χ4n) is 3.45. The van der Waals surface area contributed by atoms with E-state index in [1.54, 1.807) is 29.5 Å². The highest BCUT2D eigenvalue weighted by Gasteiger charge is 2.34. The van der Waals surface area contributed by atoms with Crippen LogP contribution in [0.25, 0.3) is 10.2 Å². The average molecular weight is 481 g/mol. The maximum Gasteiger partial charge on any atom is 0.264 e. The number of nitrogens with one attached hydrogen (secondary N) is 2. The van der Waals surface area contributed by atoms with Gasteiger partial charge in [-0.05, 0) is 55.0 Å². The van der Waals surface area contributed by atoms with Crippen molar-refractivity contribution in [2.75, 3.05) is 28.0 Å². The van der Waals surface area contributed by atoms with Crippen LogP contribution in [0.2, 0.25) is 0 Å². The summed E-state index contributed by atoms with van der Waals surface area (Å²) in [6.45, 7) is 3.25. The number of carbonyl (C=O) groups excluding carboxylic acids is 1. The Bertz CT molecular complexity index is 1420. The lowest BCUT2D eigenvalue weighted by Gasteiger charge is -2.37. The molecule has 0 atom stereocenters. The molecule has 2 aromatic heterocycles. The SMILES string of the molecule is Cc1ccc2nc(N3CC(C(=O)Nc4ccc(S(=O)(=O)Nc5ncccn5)cc4)C3)sc2c1. The van der Waals surface area contributed by atoms with Crippen molar-refractivity contribution in [2.24, 2.45) is 5.92 Å². The first-order valence-electron chi connectivity index (χ1n) is 10.2. The molecule has 168 valence electrons. The average Bonchev–Trinajstić information content (AvgIpc) is 3.16. The molecule has 0 radical (unpaired) electrons. The third kappa shape index (κ3) is 4.50. The molecule has 0 spiro atoms. The molecule has 1 amide bonds. The van der Waals surface area contributed by atoms with Gasteiger partial charge < -0.3 is 10.2 Å². The van der Waals surface area contributed by atoms with Gasteiger partial charge in [-0.25, -0.2) is 28.1 Å². The maximum absolute atomic E-state index is 12.6. The molecule has 0 unspecified atom stereocenters. The van der Waals surface area contributed by atoms with Gasteiger partial charge in [-0.2, -0.15) is 0 Å². The van der Waals surface area contributed by atoms with Crippen molar-refractivity contribution in [1.29, 1.82) is 0 Å². The normalized spacial score (nSPS) is 14.2. The minimum Gasteiger partial charge on any atom is -0.346 e. The van der Waals surface area contributed by atoms with E-state index in [9.17, 15) is 13.2 Å². The van der Waals surface area contributed by atoms with Crippen molar-refractivity contribution < 1.29 is 13.2 Å². The molecule has 3 heterocycles. The predicted octanol–water partition coefficient (Wildman–Crippen LogP) is 3.27. The fourth-order valence-corrected chi connectivity index (χ4v) is 5.49. The van der Waals surface area contributed by atoms with Crippen LogP contribution in [0, 0.1) is 12.8 Å². The predicted molar refractivity (Wildman–Crippen MR) is 128 cm³/mol. The van der Waals surface area contributed by atoms with Gasteiger partial charge in [0.1, 0.15) is 0 Å². The smallest absolute Gasteiger partial charge is 0.264 e. The van der Waals surface area contributed by atoms with Crippen LogP contribution in [0.3, 0.4) is 0 Å². The van der Waals surface area contributed by atoms with Crippen LogP contribution in [0.1, 0.15) is 5.56 Å². The molecular formula is C22H20N6O3S2. The Hall–Kier alpha value is -3.57. The van der Waals surface area contributed by atoms with Gasteiger partial charge in [0.25, 0.3) is 10.0 Å². The number of fused-ring (bicyclic) bond motifs is 1. The first kappa shape index (κ1) is 21.3. The Morgan fingerprint density at radius 3 is 2.55 bits per heavy atom.